The van der Waals surface area contributed by atoms with Gasteiger partial charge in [-0.2, -0.15) is 0 Å². The lowest BCUT2D eigenvalue weighted by Crippen LogP contribution is -2.53. The summed E-state index contributed by atoms with van der Waals surface area (Å²) in [5.74, 6) is 0. The molecule has 0 heterocycles. The highest BCUT2D eigenvalue weighted by Crippen LogP contribution is 2.58. The van der Waals surface area contributed by atoms with Crippen LogP contribution in [0.5, 0.6) is 0 Å². The van der Waals surface area contributed by atoms with Crippen LogP contribution in [0.4, 0.5) is 0 Å². The Balaban J connectivity index is 5.68. The SMILES string of the molecule is CC(C)(C)[Si](C)(C)NCCP(=O)(O[Si](C)(C)C(C)(C)C)O[Si](C)(C)C(C)(C)C. The standard InChI is InChI=1S/C20H50NO3PSi3/c1-18(2,3)26(10,11)21-16-17-25(22,23-27(12,13)19(4,5)6)24-28(14,15)20(7,8)9/h21H,16-17H2,1-15H3. The van der Waals surface area contributed by atoms with Gasteiger partial charge in [0.2, 0.25) is 16.6 Å². The monoisotopic (exact) mass is 467 g/mol. The van der Waals surface area contributed by atoms with E-state index in [0.29, 0.717) is 12.7 Å². The predicted molar refractivity (Wildman–Crippen MR) is 134 cm³/mol. The van der Waals surface area contributed by atoms with E-state index in [2.05, 4.69) is 107 Å². The van der Waals surface area contributed by atoms with E-state index < -0.39 is 32.5 Å². The van der Waals surface area contributed by atoms with Crippen molar-refractivity contribution in [2.24, 2.45) is 0 Å². The van der Waals surface area contributed by atoms with Crippen LogP contribution in [0.3, 0.4) is 0 Å². The maximum atomic E-state index is 14.1. The second kappa shape index (κ2) is 8.72. The highest BCUT2D eigenvalue weighted by molar-refractivity contribution is 7.57. The molecule has 0 unspecified atom stereocenters. The van der Waals surface area contributed by atoms with Gasteiger partial charge in [0.1, 0.15) is 8.24 Å². The van der Waals surface area contributed by atoms with Crippen LogP contribution >= 0.6 is 7.60 Å². The molecule has 0 aromatic carbocycles. The summed E-state index contributed by atoms with van der Waals surface area (Å²) >= 11 is 0. The van der Waals surface area contributed by atoms with Crippen LogP contribution in [0.25, 0.3) is 0 Å². The van der Waals surface area contributed by atoms with Crippen LogP contribution in [0.2, 0.25) is 54.4 Å². The number of rotatable bonds is 8. The molecule has 0 aliphatic heterocycles. The lowest BCUT2D eigenvalue weighted by atomic mass is 10.2. The fraction of sp³-hybridized carbons (Fsp3) is 1.00. The topological polar surface area (TPSA) is 47.6 Å². The van der Waals surface area contributed by atoms with Gasteiger partial charge in [0.15, 0.2) is 0 Å². The quantitative estimate of drug-likeness (QED) is 0.292. The normalized spacial score (nSPS) is 15.8. The van der Waals surface area contributed by atoms with Gasteiger partial charge in [-0.15, -0.1) is 0 Å². The van der Waals surface area contributed by atoms with E-state index in [1.807, 2.05) is 0 Å². The Kier molecular flexibility index (Phi) is 8.95. The third kappa shape index (κ3) is 7.79. The zero-order valence-electron chi connectivity index (χ0n) is 21.6. The third-order valence-corrected chi connectivity index (χ3v) is 25.9. The molecule has 28 heavy (non-hydrogen) atoms. The zero-order chi connectivity index (χ0) is 23.0. The molecule has 0 rings (SSSR count). The molecule has 1 N–H and O–H groups in total. The summed E-state index contributed by atoms with van der Waals surface area (Å²) in [6.45, 7) is 33.9. The first kappa shape index (κ1) is 28.8. The molecule has 0 fully saturated rings. The molecule has 0 aliphatic rings. The average molecular weight is 468 g/mol. The van der Waals surface area contributed by atoms with Crippen molar-refractivity contribution in [3.05, 3.63) is 0 Å². The van der Waals surface area contributed by atoms with E-state index in [1.54, 1.807) is 0 Å². The molecular formula is C20H50NO3PSi3. The molecule has 0 saturated carbocycles. The minimum absolute atomic E-state index is 0.00763. The smallest absolute Gasteiger partial charge is 0.312 e. The molecule has 170 valence electrons. The van der Waals surface area contributed by atoms with Crippen LogP contribution in [0, 0.1) is 0 Å². The number of hydrogen-bond acceptors (Lipinski definition) is 4. The third-order valence-electron chi connectivity index (χ3n) is 7.17. The summed E-state index contributed by atoms with van der Waals surface area (Å²) < 4.78 is 27.1. The van der Waals surface area contributed by atoms with Crippen molar-refractivity contribution in [2.75, 3.05) is 12.7 Å². The fourth-order valence-electron chi connectivity index (χ4n) is 1.85. The van der Waals surface area contributed by atoms with Gasteiger partial charge in [0, 0.05) is 6.54 Å². The van der Waals surface area contributed by atoms with Gasteiger partial charge in [-0.3, -0.25) is 4.57 Å². The Morgan fingerprint density at radius 2 is 1.00 bits per heavy atom. The van der Waals surface area contributed by atoms with Crippen LogP contribution in [0.15, 0.2) is 0 Å². The Bertz CT molecular complexity index is 539. The first-order chi connectivity index (χ1) is 11.9. The van der Waals surface area contributed by atoms with Gasteiger partial charge in [-0.1, -0.05) is 75.4 Å². The van der Waals surface area contributed by atoms with Crippen molar-refractivity contribution >= 4 is 32.5 Å². The summed E-state index contributed by atoms with van der Waals surface area (Å²) in [5.41, 5.74) is 0. The molecular weight excluding hydrogens is 417 g/mol. The minimum Gasteiger partial charge on any atom is -0.351 e. The molecule has 0 saturated heterocycles. The van der Waals surface area contributed by atoms with Crippen molar-refractivity contribution < 1.29 is 13.0 Å². The average Bonchev–Trinajstić information content (AvgIpc) is 2.31. The van der Waals surface area contributed by atoms with Gasteiger partial charge < -0.3 is 13.4 Å². The van der Waals surface area contributed by atoms with Crippen molar-refractivity contribution in [1.82, 2.24) is 4.98 Å². The maximum absolute atomic E-state index is 14.1. The minimum atomic E-state index is -3.21. The van der Waals surface area contributed by atoms with Gasteiger partial charge in [0.25, 0.3) is 0 Å². The summed E-state index contributed by atoms with van der Waals surface area (Å²) in [7, 11) is -9.29. The molecule has 0 atom stereocenters. The molecule has 4 nitrogen and oxygen atoms in total. The molecule has 8 heteroatoms. The number of hydrogen-bond donors (Lipinski definition) is 1. The lowest BCUT2D eigenvalue weighted by molar-refractivity contribution is 0.356. The number of nitrogens with one attached hydrogen (secondary N) is 1. The highest BCUT2D eigenvalue weighted by Gasteiger charge is 2.48. The second-order valence-corrected chi connectivity index (χ2v) is 30.1. The van der Waals surface area contributed by atoms with Gasteiger partial charge in [0.05, 0.1) is 6.16 Å². The van der Waals surface area contributed by atoms with E-state index in [4.69, 9.17) is 8.43 Å². The molecule has 0 aromatic rings. The van der Waals surface area contributed by atoms with Gasteiger partial charge in [-0.25, -0.2) is 0 Å². The maximum Gasteiger partial charge on any atom is 0.312 e. The molecule has 0 amide bonds. The van der Waals surface area contributed by atoms with Crippen LogP contribution in [-0.4, -0.2) is 37.6 Å². The summed E-state index contributed by atoms with van der Waals surface area (Å²) in [6.07, 6.45) is 0.443. The molecule has 0 aromatic heterocycles. The second-order valence-electron chi connectivity index (χ2n) is 12.8. The Morgan fingerprint density at radius 1 is 0.679 bits per heavy atom. The zero-order valence-corrected chi connectivity index (χ0v) is 25.5. The van der Waals surface area contributed by atoms with Crippen molar-refractivity contribution in [3.8, 4) is 0 Å². The van der Waals surface area contributed by atoms with Crippen LogP contribution in [0.1, 0.15) is 62.3 Å². The van der Waals surface area contributed by atoms with E-state index in [0.717, 1.165) is 0 Å². The fourth-order valence-corrected chi connectivity index (χ4v) is 12.7. The van der Waals surface area contributed by atoms with E-state index in [1.165, 1.54) is 0 Å². The van der Waals surface area contributed by atoms with Gasteiger partial charge >= 0.3 is 7.60 Å². The first-order valence-electron chi connectivity index (χ1n) is 10.6. The summed E-state index contributed by atoms with van der Waals surface area (Å²) in [4.78, 5) is 3.74. The predicted octanol–water partition coefficient (Wildman–Crippen LogP) is 7.82. The van der Waals surface area contributed by atoms with Crippen molar-refractivity contribution in [1.29, 1.82) is 0 Å². The van der Waals surface area contributed by atoms with E-state index in [-0.39, 0.29) is 15.1 Å². The van der Waals surface area contributed by atoms with Gasteiger partial charge in [-0.05, 0) is 41.3 Å². The first-order valence-corrected chi connectivity index (χ1v) is 21.2. The van der Waals surface area contributed by atoms with Crippen molar-refractivity contribution in [2.45, 2.75) is 117 Å². The molecule has 0 bridgehead atoms. The summed E-state index contributed by atoms with van der Waals surface area (Å²) in [5, 5.41) is 0.218. The Labute approximate surface area is 179 Å². The highest BCUT2D eigenvalue weighted by atomic mass is 31.2. The molecule has 0 spiro atoms. The van der Waals surface area contributed by atoms with Crippen LogP contribution in [-0.2, 0) is 13.0 Å². The van der Waals surface area contributed by atoms with E-state index >= 15 is 0 Å². The summed E-state index contributed by atoms with van der Waals surface area (Å²) in [6, 6.07) is 0. The largest absolute Gasteiger partial charge is 0.351 e. The van der Waals surface area contributed by atoms with Crippen LogP contribution < -0.4 is 4.98 Å². The molecule has 0 aliphatic carbocycles. The molecule has 0 radical (unpaired) electrons. The lowest BCUT2D eigenvalue weighted by Gasteiger charge is -2.44. The Hall–Kier alpha value is 0.761. The Morgan fingerprint density at radius 3 is 1.25 bits per heavy atom. The van der Waals surface area contributed by atoms with E-state index in [9.17, 15) is 4.57 Å². The van der Waals surface area contributed by atoms with Crippen molar-refractivity contribution in [3.63, 3.8) is 0 Å².